The summed E-state index contributed by atoms with van der Waals surface area (Å²) in [6.07, 6.45) is 1.22. The van der Waals surface area contributed by atoms with Crippen molar-refractivity contribution in [1.29, 1.82) is 0 Å². The molecule has 0 saturated carbocycles. The van der Waals surface area contributed by atoms with Crippen molar-refractivity contribution in [2.45, 2.75) is 40.2 Å². The largest absolute Gasteiger partial charge is 0.426 e. The average molecular weight is 327 g/mol. The van der Waals surface area contributed by atoms with Gasteiger partial charge in [0.15, 0.2) is 9.28 Å². The van der Waals surface area contributed by atoms with Gasteiger partial charge in [-0.05, 0) is 62.4 Å². The molecular weight excluding hydrogens is 300 g/mol. The molecule has 1 heterocycles. The second-order valence-corrected chi connectivity index (χ2v) is 15.7. The zero-order valence-electron chi connectivity index (χ0n) is 14.2. The minimum absolute atomic E-state index is 0.517. The van der Waals surface area contributed by atoms with Gasteiger partial charge in [0.1, 0.15) is 7.59 Å². The first-order valence-corrected chi connectivity index (χ1v) is 13.4. The fourth-order valence-electron chi connectivity index (χ4n) is 3.90. The van der Waals surface area contributed by atoms with Gasteiger partial charge in [0, 0.05) is 6.61 Å². The summed E-state index contributed by atoms with van der Waals surface area (Å²) < 4.78 is 6.18. The third-order valence-electron chi connectivity index (χ3n) is 5.48. The SMILES string of the molecule is Cc1cccc([Si]2(c3cccc(C)c3C)CCCO[SiH2]2)c1C. The lowest BCUT2D eigenvalue weighted by Gasteiger charge is -2.38. The maximum atomic E-state index is 6.18. The Morgan fingerprint density at radius 2 is 1.41 bits per heavy atom. The maximum absolute atomic E-state index is 6.18. The topological polar surface area (TPSA) is 9.23 Å². The summed E-state index contributed by atoms with van der Waals surface area (Å²) in [6.45, 7) is 10.1. The lowest BCUT2D eigenvalue weighted by molar-refractivity contribution is 0.335. The van der Waals surface area contributed by atoms with Crippen molar-refractivity contribution < 1.29 is 4.43 Å². The van der Waals surface area contributed by atoms with Gasteiger partial charge >= 0.3 is 0 Å². The van der Waals surface area contributed by atoms with Gasteiger partial charge in [-0.15, -0.1) is 0 Å². The van der Waals surface area contributed by atoms with E-state index >= 15 is 0 Å². The molecule has 0 atom stereocenters. The van der Waals surface area contributed by atoms with E-state index < -0.39 is 16.9 Å². The van der Waals surface area contributed by atoms with Crippen LogP contribution in [0.2, 0.25) is 6.04 Å². The standard InChI is InChI=1S/C19H26OSi2/c1-14-8-5-10-18(16(14)3)22(13-7-12-20-21-22)19-11-6-9-15(2)17(19)4/h5-6,8-11H,7,12-13,21H2,1-4H3. The van der Waals surface area contributed by atoms with Crippen LogP contribution in [0.3, 0.4) is 0 Å². The number of hydrogen-bond donors (Lipinski definition) is 0. The van der Waals surface area contributed by atoms with Gasteiger partial charge in [0.25, 0.3) is 0 Å². The fourth-order valence-corrected chi connectivity index (χ4v) is 15.2. The highest BCUT2D eigenvalue weighted by Gasteiger charge is 2.42. The molecule has 0 aliphatic carbocycles. The predicted octanol–water partition coefficient (Wildman–Crippen LogP) is 2.48. The van der Waals surface area contributed by atoms with Crippen molar-refractivity contribution in [1.82, 2.24) is 0 Å². The summed E-state index contributed by atoms with van der Waals surface area (Å²) in [5.74, 6) is 0. The van der Waals surface area contributed by atoms with Crippen molar-refractivity contribution in [2.24, 2.45) is 0 Å². The summed E-state index contributed by atoms with van der Waals surface area (Å²) in [5.41, 5.74) is 5.87. The van der Waals surface area contributed by atoms with Crippen molar-refractivity contribution in [3.8, 4) is 0 Å². The van der Waals surface area contributed by atoms with E-state index in [9.17, 15) is 0 Å². The van der Waals surface area contributed by atoms with E-state index in [4.69, 9.17) is 4.43 Å². The Morgan fingerprint density at radius 1 is 0.864 bits per heavy atom. The molecule has 1 nitrogen and oxygen atoms in total. The van der Waals surface area contributed by atoms with Crippen molar-refractivity contribution in [3.05, 3.63) is 58.7 Å². The van der Waals surface area contributed by atoms with E-state index in [0.717, 1.165) is 6.61 Å². The van der Waals surface area contributed by atoms with Crippen molar-refractivity contribution in [3.63, 3.8) is 0 Å². The van der Waals surface area contributed by atoms with E-state index in [-0.39, 0.29) is 0 Å². The fraction of sp³-hybridized carbons (Fsp3) is 0.368. The van der Waals surface area contributed by atoms with E-state index in [1.807, 2.05) is 0 Å². The van der Waals surface area contributed by atoms with Crippen LogP contribution in [0, 0.1) is 27.7 Å². The van der Waals surface area contributed by atoms with Crippen LogP contribution in [0.15, 0.2) is 36.4 Å². The first-order valence-electron chi connectivity index (χ1n) is 8.27. The van der Waals surface area contributed by atoms with Crippen LogP contribution in [0.1, 0.15) is 28.7 Å². The number of hydrogen-bond acceptors (Lipinski definition) is 1. The summed E-state index contributed by atoms with van der Waals surface area (Å²) in [7, 11) is -2.19. The molecule has 0 radical (unpaired) electrons. The van der Waals surface area contributed by atoms with Gasteiger partial charge in [0.05, 0.1) is 0 Å². The van der Waals surface area contributed by atoms with Gasteiger partial charge in [0.2, 0.25) is 0 Å². The zero-order chi connectivity index (χ0) is 15.7. The van der Waals surface area contributed by atoms with Gasteiger partial charge < -0.3 is 4.43 Å². The third kappa shape index (κ3) is 2.51. The first kappa shape index (κ1) is 15.7. The number of benzene rings is 2. The monoisotopic (exact) mass is 326 g/mol. The molecule has 0 bridgehead atoms. The first-order chi connectivity index (χ1) is 10.6. The Hall–Kier alpha value is -1.17. The van der Waals surface area contributed by atoms with Crippen molar-refractivity contribution >= 4 is 27.2 Å². The van der Waals surface area contributed by atoms with Crippen LogP contribution in [0.25, 0.3) is 0 Å². The second-order valence-electron chi connectivity index (χ2n) is 6.73. The van der Waals surface area contributed by atoms with E-state index in [1.54, 1.807) is 10.4 Å². The smallest absolute Gasteiger partial charge is 0.161 e. The van der Waals surface area contributed by atoms with E-state index in [1.165, 1.54) is 34.7 Å². The zero-order valence-corrected chi connectivity index (χ0v) is 16.6. The normalized spacial score (nSPS) is 18.5. The number of aryl methyl sites for hydroxylation is 2. The highest BCUT2D eigenvalue weighted by Crippen LogP contribution is 2.22. The summed E-state index contributed by atoms with van der Waals surface area (Å²) >= 11 is 0. The molecule has 2 aromatic carbocycles. The van der Waals surface area contributed by atoms with E-state index in [2.05, 4.69) is 64.1 Å². The van der Waals surface area contributed by atoms with E-state index in [0.29, 0.717) is 0 Å². The van der Waals surface area contributed by atoms with Gasteiger partial charge in [-0.1, -0.05) is 46.8 Å². The predicted molar refractivity (Wildman–Crippen MR) is 101 cm³/mol. The molecular formula is C19H26OSi2. The molecule has 0 aromatic heterocycles. The third-order valence-corrected chi connectivity index (χ3v) is 16.3. The highest BCUT2D eigenvalue weighted by atomic mass is 29.2. The molecule has 0 spiro atoms. The highest BCUT2D eigenvalue weighted by molar-refractivity contribution is 7.36. The van der Waals surface area contributed by atoms with Gasteiger partial charge in [-0.25, -0.2) is 0 Å². The Labute approximate surface area is 137 Å². The molecule has 1 aliphatic heterocycles. The summed E-state index contributed by atoms with van der Waals surface area (Å²) in [6, 6.07) is 15.2. The van der Waals surface area contributed by atoms with Crippen LogP contribution in [0.4, 0.5) is 0 Å². The summed E-state index contributed by atoms with van der Waals surface area (Å²) in [5, 5.41) is 3.29. The maximum Gasteiger partial charge on any atom is 0.161 e. The van der Waals surface area contributed by atoms with Crippen molar-refractivity contribution in [2.75, 3.05) is 6.61 Å². The molecule has 116 valence electrons. The molecule has 1 aliphatic rings. The van der Waals surface area contributed by atoms with Gasteiger partial charge in [-0.3, -0.25) is 0 Å². The van der Waals surface area contributed by atoms with Crippen LogP contribution >= 0.6 is 0 Å². The average Bonchev–Trinajstić information content (AvgIpc) is 2.53. The Balaban J connectivity index is 2.25. The lowest BCUT2D eigenvalue weighted by Crippen LogP contribution is -2.67. The van der Waals surface area contributed by atoms with Crippen LogP contribution in [-0.4, -0.2) is 23.5 Å². The Morgan fingerprint density at radius 3 is 1.86 bits per heavy atom. The lowest BCUT2D eigenvalue weighted by atomic mass is 10.1. The minimum Gasteiger partial charge on any atom is -0.426 e. The molecule has 2 aromatic rings. The molecule has 1 saturated heterocycles. The Kier molecular flexibility index (Phi) is 4.39. The molecule has 1 fully saturated rings. The van der Waals surface area contributed by atoms with Crippen LogP contribution < -0.4 is 10.4 Å². The molecule has 0 amide bonds. The Bertz CT molecular complexity index is 634. The molecule has 22 heavy (non-hydrogen) atoms. The quantitative estimate of drug-likeness (QED) is 0.771. The summed E-state index contributed by atoms with van der Waals surface area (Å²) in [4.78, 5) is 0. The van der Waals surface area contributed by atoms with Crippen LogP contribution in [0.5, 0.6) is 0 Å². The van der Waals surface area contributed by atoms with Gasteiger partial charge in [-0.2, -0.15) is 0 Å². The minimum atomic E-state index is -1.67. The molecule has 0 N–H and O–H groups in total. The number of rotatable bonds is 2. The second kappa shape index (κ2) is 6.15. The molecule has 3 rings (SSSR count). The van der Waals surface area contributed by atoms with Crippen LogP contribution in [-0.2, 0) is 4.43 Å². The molecule has 3 heteroatoms. The molecule has 0 unspecified atom stereocenters.